The van der Waals surface area contributed by atoms with Gasteiger partial charge in [-0.2, -0.15) is 4.57 Å². The maximum Gasteiger partial charge on any atom is 0.352 e. The molecule has 4 N–H and O–H groups in total. The lowest BCUT2D eigenvalue weighted by atomic mass is 10.0. The molecule has 0 unspecified atom stereocenters. The lowest BCUT2D eigenvalue weighted by molar-refractivity contribution is -0.684. The second-order valence-corrected chi connectivity index (χ2v) is 16.0. The number of allylic oxidation sites excluding steroid dienone is 1. The number of pyridine rings is 1. The number of amides is 4. The normalized spacial score (nSPS) is 21.9. The van der Waals surface area contributed by atoms with Crippen LogP contribution in [0.4, 0.5) is 10.8 Å². The highest BCUT2D eigenvalue weighted by atomic mass is 32.2. The lowest BCUT2D eigenvalue weighted by Gasteiger charge is -2.49. The van der Waals surface area contributed by atoms with Gasteiger partial charge in [-0.1, -0.05) is 23.4 Å². The quantitative estimate of drug-likeness (QED) is 0.0856. The number of hydrogen-bond donors (Lipinski definition) is 3. The van der Waals surface area contributed by atoms with Crippen molar-refractivity contribution in [2.24, 2.45) is 5.16 Å². The molecule has 2 saturated heterocycles. The summed E-state index contributed by atoms with van der Waals surface area (Å²) in [4.78, 5) is 80.5. The van der Waals surface area contributed by atoms with Crippen LogP contribution in [-0.2, 0) is 48.3 Å². The molecule has 55 heavy (non-hydrogen) atoms. The van der Waals surface area contributed by atoms with Gasteiger partial charge in [0.05, 0.1) is 0 Å². The molecule has 0 spiro atoms. The average Bonchev–Trinajstić information content (AvgIpc) is 4.01. The minimum atomic E-state index is -1.30. The SMILES string of the molecule is Nc1nc(/C(=N/OC2CCCC2)C(=O)N[C@@H]2C(=O)N3C(C(=O)O)=C(C=C4CCN(Cc5cc[n+](CC(=O)N6CCc7ccccc76)cc5)C4=O)CS[C@H]23)cs1. The Morgan fingerprint density at radius 1 is 1.09 bits per heavy atom. The van der Waals surface area contributed by atoms with Crippen LogP contribution in [0.3, 0.4) is 0 Å². The monoisotopic (exact) mass is 783 g/mol. The predicted octanol–water partition coefficient (Wildman–Crippen LogP) is 2.36. The van der Waals surface area contributed by atoms with Gasteiger partial charge in [0.1, 0.15) is 28.9 Å². The number of carboxylic acid groups (broad SMARTS) is 1. The number of carbonyl (C=O) groups excluding carboxylic acids is 4. The van der Waals surface area contributed by atoms with Gasteiger partial charge in [0.15, 0.2) is 23.2 Å². The highest BCUT2D eigenvalue weighted by Gasteiger charge is 2.54. The van der Waals surface area contributed by atoms with Crippen molar-refractivity contribution in [3.8, 4) is 0 Å². The van der Waals surface area contributed by atoms with Crippen molar-refractivity contribution in [3.63, 3.8) is 0 Å². The molecule has 1 saturated carbocycles. The molecule has 6 heterocycles. The van der Waals surface area contributed by atoms with Gasteiger partial charge in [0.2, 0.25) is 12.5 Å². The first-order valence-corrected chi connectivity index (χ1v) is 20.1. The number of β-lactam (4-membered cyclic amide) rings is 1. The molecule has 0 radical (unpaired) electrons. The number of hydrogen-bond acceptors (Lipinski definition) is 11. The molecule has 5 aliphatic rings. The van der Waals surface area contributed by atoms with Crippen LogP contribution in [0.5, 0.6) is 0 Å². The third kappa shape index (κ3) is 7.33. The minimum Gasteiger partial charge on any atom is -0.477 e. The van der Waals surface area contributed by atoms with Gasteiger partial charge >= 0.3 is 5.97 Å². The van der Waals surface area contributed by atoms with Crippen molar-refractivity contribution in [2.45, 2.75) is 69.1 Å². The van der Waals surface area contributed by atoms with Crippen molar-refractivity contribution in [1.29, 1.82) is 0 Å². The van der Waals surface area contributed by atoms with E-state index in [1.165, 1.54) is 22.2 Å². The third-order valence-corrected chi connectivity index (χ3v) is 12.4. The van der Waals surface area contributed by atoms with Crippen LogP contribution in [0.25, 0.3) is 0 Å². The summed E-state index contributed by atoms with van der Waals surface area (Å²) in [7, 11) is 0. The molecule has 1 aliphatic carbocycles. The number of rotatable bonds is 11. The van der Waals surface area contributed by atoms with E-state index in [4.69, 9.17) is 10.6 Å². The molecule has 2 aromatic heterocycles. The largest absolute Gasteiger partial charge is 0.477 e. The molecule has 4 amide bonds. The Kier molecular flexibility index (Phi) is 10.1. The Balaban J connectivity index is 0.904. The van der Waals surface area contributed by atoms with Gasteiger partial charge in [0.25, 0.3) is 17.7 Å². The van der Waals surface area contributed by atoms with Gasteiger partial charge in [-0.15, -0.1) is 23.1 Å². The van der Waals surface area contributed by atoms with E-state index in [2.05, 4.69) is 15.5 Å². The van der Waals surface area contributed by atoms with E-state index in [9.17, 15) is 29.1 Å². The number of nitrogens with zero attached hydrogens (tertiary/aromatic N) is 6. The van der Waals surface area contributed by atoms with Gasteiger partial charge in [-0.25, -0.2) is 9.78 Å². The molecule has 4 aliphatic heterocycles. The van der Waals surface area contributed by atoms with E-state index in [0.717, 1.165) is 54.7 Å². The van der Waals surface area contributed by atoms with Crippen molar-refractivity contribution in [1.82, 2.24) is 20.1 Å². The van der Waals surface area contributed by atoms with E-state index in [0.29, 0.717) is 37.2 Å². The van der Waals surface area contributed by atoms with Crippen molar-refractivity contribution in [2.75, 3.05) is 29.5 Å². The summed E-state index contributed by atoms with van der Waals surface area (Å²) in [5, 5.41) is 18.2. The van der Waals surface area contributed by atoms with Crippen molar-refractivity contribution >= 4 is 69.2 Å². The van der Waals surface area contributed by atoms with Crippen LogP contribution < -0.4 is 20.5 Å². The zero-order chi connectivity index (χ0) is 38.2. The second-order valence-electron chi connectivity index (χ2n) is 14.0. The molecule has 2 atom stereocenters. The summed E-state index contributed by atoms with van der Waals surface area (Å²) in [6, 6.07) is 10.7. The Morgan fingerprint density at radius 3 is 2.62 bits per heavy atom. The molecular formula is C38H39N8O7S2+. The number of likely N-dealkylation sites (tertiary alicyclic amines) is 1. The van der Waals surface area contributed by atoms with Crippen LogP contribution in [0.2, 0.25) is 0 Å². The van der Waals surface area contributed by atoms with Crippen LogP contribution in [-0.4, -0.2) is 91.6 Å². The van der Waals surface area contributed by atoms with Crippen LogP contribution in [0.1, 0.15) is 48.9 Å². The Morgan fingerprint density at radius 2 is 1.87 bits per heavy atom. The number of thiazole rings is 1. The average molecular weight is 784 g/mol. The standard InChI is InChI=1S/C38H38N8O7S2/c39-38-40-27(21-55-38)30(42-53-26-6-2-3-7-26)33(48)41-31-35(50)46-32(37(51)52)25(20-54-36(31)46)17-24-11-15-44(34(24)49)18-22-9-13-43(14-10-22)19-29(47)45-16-12-23-5-1-4-8-28(23)45/h1,4-5,8-10,13-14,17,21,26,31,36H,2-3,6-7,11-12,15-16,18-20H2,(H3-,39,40,41,48,51,52)/p+1/b24-17?,42-30-/t31-,36-/m1/s1. The van der Waals surface area contributed by atoms with Gasteiger partial charge in [-0.05, 0) is 67.4 Å². The van der Waals surface area contributed by atoms with Gasteiger partial charge in [-0.3, -0.25) is 24.1 Å². The topological polar surface area (TPSA) is 192 Å². The molecule has 284 valence electrons. The number of nitrogens with two attached hydrogens (primary N) is 1. The highest BCUT2D eigenvalue weighted by Crippen LogP contribution is 2.41. The predicted molar refractivity (Wildman–Crippen MR) is 203 cm³/mol. The van der Waals surface area contributed by atoms with E-state index >= 15 is 0 Å². The van der Waals surface area contributed by atoms with Gasteiger partial charge < -0.3 is 30.8 Å². The molecule has 0 bridgehead atoms. The van der Waals surface area contributed by atoms with Gasteiger partial charge in [0, 0.05) is 54.2 Å². The maximum absolute atomic E-state index is 13.5. The molecule has 17 heteroatoms. The maximum atomic E-state index is 13.5. The molecule has 3 fully saturated rings. The number of aromatic nitrogens is 2. The number of carbonyl (C=O) groups is 5. The number of aliphatic carboxylic acids is 1. The zero-order valence-electron chi connectivity index (χ0n) is 29.8. The minimum absolute atomic E-state index is 0.00994. The number of nitrogen functional groups attached to an aromatic ring is 1. The number of nitrogens with one attached hydrogen (secondary N) is 1. The number of benzene rings is 1. The number of fused-ring (bicyclic) bond motifs is 2. The fourth-order valence-corrected chi connectivity index (χ4v) is 9.46. The number of oxime groups is 1. The smallest absolute Gasteiger partial charge is 0.352 e. The van der Waals surface area contributed by atoms with E-state index in [-0.39, 0.29) is 52.5 Å². The number of thioether (sulfide) groups is 1. The summed E-state index contributed by atoms with van der Waals surface area (Å²) >= 11 is 2.45. The van der Waals surface area contributed by atoms with E-state index in [1.54, 1.807) is 16.4 Å². The van der Waals surface area contributed by atoms with E-state index in [1.807, 2.05) is 58.3 Å². The Labute approximate surface area is 324 Å². The summed E-state index contributed by atoms with van der Waals surface area (Å²) in [5.74, 6) is -2.54. The third-order valence-electron chi connectivity index (χ3n) is 10.5. The molecule has 8 rings (SSSR count). The Hall–Kier alpha value is -5.55. The summed E-state index contributed by atoms with van der Waals surface area (Å²) in [6.07, 6.45) is 10.1. The first-order chi connectivity index (χ1) is 26.6. The number of carboxylic acids is 1. The molecule has 1 aromatic carbocycles. The fourth-order valence-electron chi connectivity index (χ4n) is 7.61. The van der Waals surface area contributed by atoms with Crippen LogP contribution >= 0.6 is 23.1 Å². The summed E-state index contributed by atoms with van der Waals surface area (Å²) < 4.78 is 1.82. The van der Waals surface area contributed by atoms with Crippen molar-refractivity contribution < 1.29 is 38.5 Å². The summed E-state index contributed by atoms with van der Waals surface area (Å²) in [6.45, 7) is 1.67. The zero-order valence-corrected chi connectivity index (χ0v) is 31.4. The van der Waals surface area contributed by atoms with E-state index < -0.39 is 29.2 Å². The second kappa shape index (κ2) is 15.3. The van der Waals surface area contributed by atoms with Crippen molar-refractivity contribution in [3.05, 3.63) is 93.9 Å². The lowest BCUT2D eigenvalue weighted by Crippen LogP contribution is -2.71. The fraction of sp³-hybridized carbons (Fsp3) is 0.368. The number of anilines is 2. The van der Waals surface area contributed by atoms with Crippen LogP contribution in [0, 0.1) is 0 Å². The molecule has 3 aromatic rings. The van der Waals surface area contributed by atoms with Crippen LogP contribution in [0.15, 0.2) is 82.2 Å². The molecule has 15 nitrogen and oxygen atoms in total. The summed E-state index contributed by atoms with van der Waals surface area (Å²) in [5.41, 5.74) is 9.55. The molecular weight excluding hydrogens is 745 g/mol. The highest BCUT2D eigenvalue weighted by molar-refractivity contribution is 8.00. The first-order valence-electron chi connectivity index (χ1n) is 18.2. The Bertz CT molecular complexity index is 2160. The number of para-hydroxylation sites is 1. The first kappa shape index (κ1) is 36.4.